The maximum atomic E-state index is 11.4. The predicted octanol–water partition coefficient (Wildman–Crippen LogP) is 0.893. The van der Waals surface area contributed by atoms with Crippen molar-refractivity contribution in [3.8, 4) is 0 Å². The van der Waals surface area contributed by atoms with Gasteiger partial charge < -0.3 is 9.64 Å². The number of carbonyl (C=O) groups excluding carboxylic acids is 2. The Morgan fingerprint density at radius 1 is 1.56 bits per heavy atom. The van der Waals surface area contributed by atoms with Crippen LogP contribution in [0.1, 0.15) is 13.3 Å². The monoisotopic (exact) mass is 221 g/mol. The molecule has 0 bridgehead atoms. The molecule has 0 saturated heterocycles. The van der Waals surface area contributed by atoms with E-state index in [9.17, 15) is 9.59 Å². The third kappa shape index (κ3) is 2.15. The van der Waals surface area contributed by atoms with Gasteiger partial charge in [-0.05, 0) is 18.1 Å². The van der Waals surface area contributed by atoms with Crippen molar-refractivity contribution in [2.24, 2.45) is 5.92 Å². The molecule has 86 valence electrons. The smallest absolute Gasteiger partial charge is 0.303 e. The Bertz CT molecular complexity index is 384. The first-order chi connectivity index (χ1) is 7.56. The summed E-state index contributed by atoms with van der Waals surface area (Å²) in [5, 5.41) is 0. The molecule has 0 aromatic rings. The van der Waals surface area contributed by atoms with E-state index >= 15 is 0 Å². The Morgan fingerprint density at radius 3 is 3.00 bits per heavy atom. The summed E-state index contributed by atoms with van der Waals surface area (Å²) in [6.45, 7) is 2.11. The van der Waals surface area contributed by atoms with E-state index in [0.717, 1.165) is 12.0 Å². The SMILES string of the molecule is CC(=O)O[C@@H]1C=CC2=CC(=O)N(C)C[C@@H]2C1. The summed E-state index contributed by atoms with van der Waals surface area (Å²) in [6.07, 6.45) is 6.02. The van der Waals surface area contributed by atoms with Crippen molar-refractivity contribution in [1.29, 1.82) is 0 Å². The zero-order valence-electron chi connectivity index (χ0n) is 9.47. The summed E-state index contributed by atoms with van der Waals surface area (Å²) < 4.78 is 5.15. The van der Waals surface area contributed by atoms with Crippen LogP contribution in [0.3, 0.4) is 0 Å². The van der Waals surface area contributed by atoms with Crippen LogP contribution >= 0.6 is 0 Å². The van der Waals surface area contributed by atoms with Crippen molar-refractivity contribution in [3.05, 3.63) is 23.8 Å². The standard InChI is InChI=1S/C12H15NO3/c1-8(14)16-11-4-3-9-6-12(15)13(2)7-10(9)5-11/h3-4,6,10-11H,5,7H2,1-2H3/t10-,11+/m0/s1. The molecule has 0 spiro atoms. The van der Waals surface area contributed by atoms with Gasteiger partial charge in [0.05, 0.1) is 0 Å². The van der Waals surface area contributed by atoms with Gasteiger partial charge in [-0.15, -0.1) is 0 Å². The molecule has 0 N–H and O–H groups in total. The molecule has 0 aromatic carbocycles. The van der Waals surface area contributed by atoms with Gasteiger partial charge in [-0.25, -0.2) is 0 Å². The minimum Gasteiger partial charge on any atom is -0.458 e. The lowest BCUT2D eigenvalue weighted by Gasteiger charge is -2.33. The molecular formula is C12H15NO3. The summed E-state index contributed by atoms with van der Waals surface area (Å²) in [7, 11) is 1.79. The lowest BCUT2D eigenvalue weighted by atomic mass is 9.85. The Hall–Kier alpha value is -1.58. The van der Waals surface area contributed by atoms with Gasteiger partial charge in [-0.1, -0.05) is 6.08 Å². The molecule has 16 heavy (non-hydrogen) atoms. The van der Waals surface area contributed by atoms with Crippen LogP contribution in [0.25, 0.3) is 0 Å². The van der Waals surface area contributed by atoms with Crippen molar-refractivity contribution >= 4 is 11.9 Å². The summed E-state index contributed by atoms with van der Waals surface area (Å²) in [6, 6.07) is 0. The first-order valence-electron chi connectivity index (χ1n) is 5.38. The highest BCUT2D eigenvalue weighted by Crippen LogP contribution is 2.29. The first-order valence-corrected chi connectivity index (χ1v) is 5.38. The van der Waals surface area contributed by atoms with E-state index in [1.54, 1.807) is 18.0 Å². The van der Waals surface area contributed by atoms with Crippen LogP contribution < -0.4 is 0 Å². The number of rotatable bonds is 1. The molecule has 0 radical (unpaired) electrons. The Labute approximate surface area is 94.6 Å². The van der Waals surface area contributed by atoms with Crippen molar-refractivity contribution in [1.82, 2.24) is 4.90 Å². The topological polar surface area (TPSA) is 46.6 Å². The number of hydrogen-bond donors (Lipinski definition) is 0. The van der Waals surface area contributed by atoms with Crippen LogP contribution in [-0.2, 0) is 14.3 Å². The van der Waals surface area contributed by atoms with Gasteiger partial charge in [0.15, 0.2) is 0 Å². The number of fused-ring (bicyclic) bond motifs is 1. The van der Waals surface area contributed by atoms with Crippen LogP contribution in [0.4, 0.5) is 0 Å². The van der Waals surface area contributed by atoms with Gasteiger partial charge in [-0.2, -0.15) is 0 Å². The molecule has 2 atom stereocenters. The number of allylic oxidation sites excluding steroid dienone is 1. The van der Waals surface area contributed by atoms with Crippen LogP contribution in [0, 0.1) is 5.92 Å². The highest BCUT2D eigenvalue weighted by atomic mass is 16.5. The number of nitrogens with zero attached hydrogens (tertiary/aromatic N) is 1. The number of hydrogen-bond acceptors (Lipinski definition) is 3. The van der Waals surface area contributed by atoms with Gasteiger partial charge in [0.2, 0.25) is 5.91 Å². The zero-order valence-corrected chi connectivity index (χ0v) is 9.47. The molecule has 1 aliphatic carbocycles. The lowest BCUT2D eigenvalue weighted by Crippen LogP contribution is -2.38. The van der Waals surface area contributed by atoms with Crippen molar-refractivity contribution < 1.29 is 14.3 Å². The van der Waals surface area contributed by atoms with Crippen LogP contribution in [0.15, 0.2) is 23.8 Å². The maximum absolute atomic E-state index is 11.4. The fraction of sp³-hybridized carbons (Fsp3) is 0.500. The fourth-order valence-electron chi connectivity index (χ4n) is 2.17. The van der Waals surface area contributed by atoms with Crippen LogP contribution in [-0.4, -0.2) is 36.5 Å². The molecule has 2 aliphatic rings. The molecular weight excluding hydrogens is 206 g/mol. The normalized spacial score (nSPS) is 28.5. The summed E-state index contributed by atoms with van der Waals surface area (Å²) in [4.78, 5) is 24.0. The minimum absolute atomic E-state index is 0.0434. The summed E-state index contributed by atoms with van der Waals surface area (Å²) in [5.41, 5.74) is 1.05. The highest BCUT2D eigenvalue weighted by molar-refractivity contribution is 5.89. The van der Waals surface area contributed by atoms with Gasteiger partial charge in [0.25, 0.3) is 0 Å². The van der Waals surface area contributed by atoms with Gasteiger partial charge in [-0.3, -0.25) is 9.59 Å². The lowest BCUT2D eigenvalue weighted by molar-refractivity contribution is -0.145. The van der Waals surface area contributed by atoms with Crippen LogP contribution in [0.5, 0.6) is 0 Å². The average molecular weight is 221 g/mol. The molecule has 1 aliphatic heterocycles. The maximum Gasteiger partial charge on any atom is 0.303 e. The number of esters is 1. The molecule has 4 nitrogen and oxygen atoms in total. The highest BCUT2D eigenvalue weighted by Gasteiger charge is 2.29. The predicted molar refractivity (Wildman–Crippen MR) is 58.5 cm³/mol. The van der Waals surface area contributed by atoms with Crippen molar-refractivity contribution in [2.45, 2.75) is 19.4 Å². The van der Waals surface area contributed by atoms with Gasteiger partial charge in [0, 0.05) is 32.5 Å². The number of likely N-dealkylation sites (N-methyl/N-ethyl adjacent to an activating group) is 1. The third-order valence-electron chi connectivity index (χ3n) is 2.97. The van der Waals surface area contributed by atoms with Gasteiger partial charge in [0.1, 0.15) is 6.10 Å². The second-order valence-electron chi connectivity index (χ2n) is 4.30. The third-order valence-corrected chi connectivity index (χ3v) is 2.97. The molecule has 2 rings (SSSR count). The van der Waals surface area contributed by atoms with E-state index < -0.39 is 0 Å². The van der Waals surface area contributed by atoms with E-state index in [1.807, 2.05) is 12.2 Å². The van der Waals surface area contributed by atoms with E-state index in [-0.39, 0.29) is 23.9 Å². The number of ether oxygens (including phenoxy) is 1. The quantitative estimate of drug-likeness (QED) is 0.618. The van der Waals surface area contributed by atoms with E-state index in [2.05, 4.69) is 0 Å². The van der Waals surface area contributed by atoms with Crippen molar-refractivity contribution in [2.75, 3.05) is 13.6 Å². The van der Waals surface area contributed by atoms with Crippen LogP contribution in [0.2, 0.25) is 0 Å². The molecule has 4 heteroatoms. The van der Waals surface area contributed by atoms with E-state index in [4.69, 9.17) is 4.74 Å². The van der Waals surface area contributed by atoms with Gasteiger partial charge >= 0.3 is 5.97 Å². The number of carbonyl (C=O) groups is 2. The largest absolute Gasteiger partial charge is 0.458 e. The Kier molecular flexibility index (Phi) is 2.81. The molecule has 0 unspecified atom stereocenters. The molecule has 1 heterocycles. The summed E-state index contributed by atoms with van der Waals surface area (Å²) in [5.74, 6) is 0.0706. The second-order valence-corrected chi connectivity index (χ2v) is 4.30. The minimum atomic E-state index is -0.262. The first kappa shape index (κ1) is 10.9. The number of amides is 1. The molecule has 0 saturated carbocycles. The van der Waals surface area contributed by atoms with E-state index in [0.29, 0.717) is 6.54 Å². The second kappa shape index (κ2) is 4.12. The van der Waals surface area contributed by atoms with Crippen molar-refractivity contribution in [3.63, 3.8) is 0 Å². The summed E-state index contributed by atoms with van der Waals surface area (Å²) >= 11 is 0. The molecule has 0 aromatic heterocycles. The average Bonchev–Trinajstić information content (AvgIpc) is 2.19. The molecule has 1 amide bonds. The van der Waals surface area contributed by atoms with E-state index in [1.165, 1.54) is 6.92 Å². The fourth-order valence-corrected chi connectivity index (χ4v) is 2.17. The Morgan fingerprint density at radius 2 is 2.31 bits per heavy atom. The zero-order chi connectivity index (χ0) is 11.7. The Balaban J connectivity index is 2.13. The molecule has 0 fully saturated rings.